The second kappa shape index (κ2) is 3.78. The highest BCUT2D eigenvalue weighted by molar-refractivity contribution is 4.82. The zero-order valence-electron chi connectivity index (χ0n) is 8.77. The summed E-state index contributed by atoms with van der Waals surface area (Å²) in [7, 11) is 0. The maximum atomic E-state index is 5.59. The van der Waals surface area contributed by atoms with Crippen molar-refractivity contribution >= 4 is 0 Å². The van der Waals surface area contributed by atoms with Gasteiger partial charge in [0.15, 0.2) is 0 Å². The minimum absolute atomic E-state index is 0.567. The predicted molar refractivity (Wildman–Crippen MR) is 54.0 cm³/mol. The predicted octanol–water partition coefficient (Wildman–Crippen LogP) is 2.80. The molecule has 0 spiro atoms. The summed E-state index contributed by atoms with van der Waals surface area (Å²) in [5, 5.41) is 0. The largest absolute Gasteiger partial charge is 0.330 e. The Labute approximate surface area is 76.7 Å². The van der Waals surface area contributed by atoms with Crippen molar-refractivity contribution in [3.8, 4) is 0 Å². The molecular weight excluding hydrogens is 146 g/mol. The fourth-order valence-corrected chi connectivity index (χ4v) is 3.00. The van der Waals surface area contributed by atoms with Crippen LogP contribution in [0.1, 0.15) is 46.5 Å². The third-order valence-corrected chi connectivity index (χ3v) is 3.05. The molecule has 0 bridgehead atoms. The Kier molecular flexibility index (Phi) is 3.16. The normalized spacial score (nSPS) is 35.0. The lowest BCUT2D eigenvalue weighted by atomic mass is 9.67. The van der Waals surface area contributed by atoms with Crippen LogP contribution in [0, 0.1) is 17.3 Å². The maximum Gasteiger partial charge on any atom is -0.00746 e. The summed E-state index contributed by atoms with van der Waals surface area (Å²) in [6.07, 6.45) is 5.41. The Hall–Kier alpha value is -0.0400. The highest BCUT2D eigenvalue weighted by Crippen LogP contribution is 2.42. The second-order valence-corrected chi connectivity index (χ2v) is 5.36. The van der Waals surface area contributed by atoms with E-state index in [0.29, 0.717) is 5.41 Å². The molecule has 0 aliphatic heterocycles. The van der Waals surface area contributed by atoms with Crippen molar-refractivity contribution in [2.45, 2.75) is 46.5 Å². The van der Waals surface area contributed by atoms with Crippen molar-refractivity contribution < 1.29 is 0 Å². The molecule has 1 aliphatic rings. The van der Waals surface area contributed by atoms with Crippen molar-refractivity contribution in [3.05, 3.63) is 0 Å². The van der Waals surface area contributed by atoms with Crippen LogP contribution in [0.15, 0.2) is 0 Å². The highest BCUT2D eigenvalue weighted by Gasteiger charge is 2.31. The summed E-state index contributed by atoms with van der Waals surface area (Å²) in [6, 6.07) is 0. The summed E-state index contributed by atoms with van der Waals surface area (Å²) in [4.78, 5) is 0. The Morgan fingerprint density at radius 2 is 2.00 bits per heavy atom. The fourth-order valence-electron chi connectivity index (χ4n) is 3.00. The van der Waals surface area contributed by atoms with E-state index in [0.717, 1.165) is 18.4 Å². The van der Waals surface area contributed by atoms with E-state index in [4.69, 9.17) is 5.73 Å². The van der Waals surface area contributed by atoms with Crippen LogP contribution in [-0.4, -0.2) is 6.54 Å². The summed E-state index contributed by atoms with van der Waals surface area (Å²) >= 11 is 0. The lowest BCUT2D eigenvalue weighted by Crippen LogP contribution is -2.28. The van der Waals surface area contributed by atoms with Gasteiger partial charge in [-0.1, -0.05) is 20.8 Å². The molecule has 0 aromatic rings. The first-order valence-electron chi connectivity index (χ1n) is 5.23. The number of nitrogens with two attached hydrogens (primary N) is 1. The SMILES string of the molecule is C[C@@H]1C[C@H](CCN)CC(C)(C)C1. The molecule has 2 N–H and O–H groups in total. The standard InChI is InChI=1S/C11H23N/c1-9-6-10(4-5-12)8-11(2,3)7-9/h9-10H,4-8,12H2,1-3H3/t9-,10+/m1/s1. The molecule has 1 heteroatoms. The van der Waals surface area contributed by atoms with Crippen LogP contribution in [0.2, 0.25) is 0 Å². The van der Waals surface area contributed by atoms with Crippen molar-refractivity contribution in [1.82, 2.24) is 0 Å². The molecule has 72 valence electrons. The molecule has 1 aliphatic carbocycles. The second-order valence-electron chi connectivity index (χ2n) is 5.36. The topological polar surface area (TPSA) is 26.0 Å². The van der Waals surface area contributed by atoms with E-state index in [-0.39, 0.29) is 0 Å². The third kappa shape index (κ3) is 2.78. The van der Waals surface area contributed by atoms with Crippen LogP contribution in [-0.2, 0) is 0 Å². The van der Waals surface area contributed by atoms with Crippen molar-refractivity contribution in [3.63, 3.8) is 0 Å². The lowest BCUT2D eigenvalue weighted by molar-refractivity contribution is 0.129. The Bertz CT molecular complexity index is 140. The fraction of sp³-hybridized carbons (Fsp3) is 1.00. The lowest BCUT2D eigenvalue weighted by Gasteiger charge is -2.39. The van der Waals surface area contributed by atoms with Gasteiger partial charge in [0.1, 0.15) is 0 Å². The van der Waals surface area contributed by atoms with Crippen LogP contribution in [0.25, 0.3) is 0 Å². The quantitative estimate of drug-likeness (QED) is 0.676. The van der Waals surface area contributed by atoms with Crippen molar-refractivity contribution in [1.29, 1.82) is 0 Å². The van der Waals surface area contributed by atoms with Gasteiger partial charge in [-0.15, -0.1) is 0 Å². The van der Waals surface area contributed by atoms with Gasteiger partial charge in [0.05, 0.1) is 0 Å². The summed E-state index contributed by atoms with van der Waals surface area (Å²) in [5.41, 5.74) is 6.16. The minimum atomic E-state index is 0.567. The van der Waals surface area contributed by atoms with Gasteiger partial charge in [0.2, 0.25) is 0 Å². The van der Waals surface area contributed by atoms with Gasteiger partial charge in [0.25, 0.3) is 0 Å². The van der Waals surface area contributed by atoms with Gasteiger partial charge in [-0.25, -0.2) is 0 Å². The zero-order valence-corrected chi connectivity index (χ0v) is 8.77. The molecule has 0 saturated heterocycles. The van der Waals surface area contributed by atoms with Crippen LogP contribution >= 0.6 is 0 Å². The number of rotatable bonds is 2. The molecule has 0 radical (unpaired) electrons. The minimum Gasteiger partial charge on any atom is -0.330 e. The van der Waals surface area contributed by atoms with E-state index in [9.17, 15) is 0 Å². The van der Waals surface area contributed by atoms with Gasteiger partial charge >= 0.3 is 0 Å². The van der Waals surface area contributed by atoms with Crippen LogP contribution < -0.4 is 5.73 Å². The van der Waals surface area contributed by atoms with Gasteiger partial charge in [-0.05, 0) is 49.5 Å². The van der Waals surface area contributed by atoms with Crippen LogP contribution in [0.4, 0.5) is 0 Å². The molecule has 0 aromatic heterocycles. The Morgan fingerprint density at radius 3 is 2.50 bits per heavy atom. The number of hydrogen-bond acceptors (Lipinski definition) is 1. The molecule has 0 aromatic carbocycles. The van der Waals surface area contributed by atoms with Crippen LogP contribution in [0.3, 0.4) is 0 Å². The Balaban J connectivity index is 2.46. The highest BCUT2D eigenvalue weighted by atomic mass is 14.5. The molecule has 2 atom stereocenters. The molecule has 1 nitrogen and oxygen atoms in total. The summed E-state index contributed by atoms with van der Waals surface area (Å²) < 4.78 is 0. The number of hydrogen-bond donors (Lipinski definition) is 1. The first-order valence-corrected chi connectivity index (χ1v) is 5.23. The molecule has 1 fully saturated rings. The van der Waals surface area contributed by atoms with Gasteiger partial charge in [0, 0.05) is 0 Å². The van der Waals surface area contributed by atoms with Crippen molar-refractivity contribution in [2.75, 3.05) is 6.54 Å². The molecule has 1 rings (SSSR count). The van der Waals surface area contributed by atoms with Gasteiger partial charge in [-0.2, -0.15) is 0 Å². The first kappa shape index (κ1) is 10.0. The van der Waals surface area contributed by atoms with Crippen molar-refractivity contribution in [2.24, 2.45) is 23.0 Å². The molecular formula is C11H23N. The van der Waals surface area contributed by atoms with E-state index < -0.39 is 0 Å². The average Bonchev–Trinajstić information content (AvgIpc) is 1.82. The van der Waals surface area contributed by atoms with Gasteiger partial charge < -0.3 is 5.73 Å². The first-order chi connectivity index (χ1) is 5.53. The zero-order chi connectivity index (χ0) is 9.19. The molecule has 0 amide bonds. The Morgan fingerprint density at radius 1 is 1.33 bits per heavy atom. The molecule has 0 heterocycles. The van der Waals surface area contributed by atoms with E-state index in [1.54, 1.807) is 0 Å². The summed E-state index contributed by atoms with van der Waals surface area (Å²) in [6.45, 7) is 8.04. The average molecular weight is 169 g/mol. The summed E-state index contributed by atoms with van der Waals surface area (Å²) in [5.74, 6) is 1.80. The molecule has 1 saturated carbocycles. The smallest absolute Gasteiger partial charge is 0.00746 e. The van der Waals surface area contributed by atoms with E-state index in [2.05, 4.69) is 20.8 Å². The van der Waals surface area contributed by atoms with E-state index in [1.165, 1.54) is 25.7 Å². The molecule has 12 heavy (non-hydrogen) atoms. The van der Waals surface area contributed by atoms with Crippen LogP contribution in [0.5, 0.6) is 0 Å². The monoisotopic (exact) mass is 169 g/mol. The van der Waals surface area contributed by atoms with Gasteiger partial charge in [-0.3, -0.25) is 0 Å². The molecule has 0 unspecified atom stereocenters. The third-order valence-electron chi connectivity index (χ3n) is 3.05. The van der Waals surface area contributed by atoms with E-state index in [1.807, 2.05) is 0 Å². The maximum absolute atomic E-state index is 5.59. The van der Waals surface area contributed by atoms with E-state index >= 15 is 0 Å².